The summed E-state index contributed by atoms with van der Waals surface area (Å²) in [5.74, 6) is 0.377. The van der Waals surface area contributed by atoms with Gasteiger partial charge in [0.15, 0.2) is 5.65 Å². The Kier molecular flexibility index (Phi) is 2.62. The predicted octanol–water partition coefficient (Wildman–Crippen LogP) is 1.19. The standard InChI is InChI=1S/C14H12N8/c1-21-14-11(13(15)16-8-17-14)12(19-21)10-7-22(20-18-10)9-5-3-2-4-6-9/h2-8H,1H3,(H2,15,16,17). The minimum absolute atomic E-state index is 0.377. The van der Waals surface area contributed by atoms with Gasteiger partial charge in [-0.15, -0.1) is 5.10 Å². The second kappa shape index (κ2) is 4.62. The van der Waals surface area contributed by atoms with E-state index >= 15 is 0 Å². The predicted molar refractivity (Wildman–Crippen MR) is 81.1 cm³/mol. The molecule has 4 aromatic rings. The van der Waals surface area contributed by atoms with Crippen LogP contribution < -0.4 is 5.73 Å². The van der Waals surface area contributed by atoms with Crippen molar-refractivity contribution >= 4 is 16.9 Å². The molecule has 0 aliphatic heterocycles. The molecule has 0 bridgehead atoms. The van der Waals surface area contributed by atoms with Crippen molar-refractivity contribution in [2.24, 2.45) is 7.05 Å². The van der Waals surface area contributed by atoms with Gasteiger partial charge < -0.3 is 5.73 Å². The summed E-state index contributed by atoms with van der Waals surface area (Å²) < 4.78 is 3.35. The van der Waals surface area contributed by atoms with Gasteiger partial charge in [0, 0.05) is 7.05 Å². The fraction of sp³-hybridized carbons (Fsp3) is 0.0714. The van der Waals surface area contributed by atoms with E-state index in [4.69, 9.17) is 5.73 Å². The van der Waals surface area contributed by atoms with Crippen molar-refractivity contribution in [3.63, 3.8) is 0 Å². The molecule has 2 N–H and O–H groups in total. The molecule has 0 amide bonds. The average molecular weight is 292 g/mol. The molecule has 0 atom stereocenters. The van der Waals surface area contributed by atoms with E-state index in [0.29, 0.717) is 28.2 Å². The van der Waals surface area contributed by atoms with Crippen LogP contribution in [-0.4, -0.2) is 34.7 Å². The number of anilines is 1. The number of nitrogens with zero attached hydrogens (tertiary/aromatic N) is 7. The van der Waals surface area contributed by atoms with Crippen LogP contribution in [0.25, 0.3) is 28.1 Å². The highest BCUT2D eigenvalue weighted by atomic mass is 15.4. The smallest absolute Gasteiger partial charge is 0.163 e. The summed E-state index contributed by atoms with van der Waals surface area (Å²) in [6, 6.07) is 9.74. The molecule has 0 saturated heterocycles. The fourth-order valence-electron chi connectivity index (χ4n) is 2.37. The van der Waals surface area contributed by atoms with Crippen LogP contribution in [0.3, 0.4) is 0 Å². The van der Waals surface area contributed by atoms with E-state index in [-0.39, 0.29) is 0 Å². The van der Waals surface area contributed by atoms with Crippen molar-refractivity contribution in [2.45, 2.75) is 0 Å². The number of nitrogen functional groups attached to an aromatic ring is 1. The maximum atomic E-state index is 5.97. The molecule has 0 fully saturated rings. The lowest BCUT2D eigenvalue weighted by molar-refractivity contribution is 0.785. The van der Waals surface area contributed by atoms with Crippen molar-refractivity contribution in [1.82, 2.24) is 34.7 Å². The Hall–Kier alpha value is -3.29. The number of aryl methyl sites for hydroxylation is 1. The van der Waals surface area contributed by atoms with Gasteiger partial charge in [0.1, 0.15) is 23.5 Å². The number of fused-ring (bicyclic) bond motifs is 1. The van der Waals surface area contributed by atoms with Crippen molar-refractivity contribution < 1.29 is 0 Å². The maximum Gasteiger partial charge on any atom is 0.163 e. The lowest BCUT2D eigenvalue weighted by Crippen LogP contribution is -1.95. The van der Waals surface area contributed by atoms with Crippen LogP contribution in [-0.2, 0) is 7.05 Å². The first kappa shape index (κ1) is 12.5. The van der Waals surface area contributed by atoms with Gasteiger partial charge in [-0.05, 0) is 12.1 Å². The highest BCUT2D eigenvalue weighted by Gasteiger charge is 2.18. The third-order valence-electron chi connectivity index (χ3n) is 3.41. The molecule has 108 valence electrons. The summed E-state index contributed by atoms with van der Waals surface area (Å²) in [5.41, 5.74) is 8.80. The molecule has 22 heavy (non-hydrogen) atoms. The summed E-state index contributed by atoms with van der Waals surface area (Å²) in [7, 11) is 1.81. The van der Waals surface area contributed by atoms with Crippen LogP contribution in [0.5, 0.6) is 0 Å². The normalized spacial score (nSPS) is 11.1. The van der Waals surface area contributed by atoms with E-state index in [2.05, 4.69) is 25.4 Å². The molecule has 4 rings (SSSR count). The number of para-hydroxylation sites is 1. The maximum absolute atomic E-state index is 5.97. The first-order chi connectivity index (χ1) is 10.7. The number of rotatable bonds is 2. The number of aromatic nitrogens is 7. The molecule has 0 spiro atoms. The third-order valence-corrected chi connectivity index (χ3v) is 3.41. The Balaban J connectivity index is 1.89. The van der Waals surface area contributed by atoms with E-state index in [1.165, 1.54) is 6.33 Å². The van der Waals surface area contributed by atoms with Crippen molar-refractivity contribution in [3.8, 4) is 17.1 Å². The van der Waals surface area contributed by atoms with Gasteiger partial charge in [0.05, 0.1) is 17.3 Å². The monoisotopic (exact) mass is 292 g/mol. The SMILES string of the molecule is Cn1nc(-c2cn(-c3ccccc3)nn2)c2c(N)ncnc21. The first-order valence-corrected chi connectivity index (χ1v) is 6.65. The first-order valence-electron chi connectivity index (χ1n) is 6.65. The van der Waals surface area contributed by atoms with Gasteiger partial charge in [0.2, 0.25) is 0 Å². The largest absolute Gasteiger partial charge is 0.383 e. The number of hydrogen-bond donors (Lipinski definition) is 1. The van der Waals surface area contributed by atoms with E-state index in [0.717, 1.165) is 5.69 Å². The van der Waals surface area contributed by atoms with Crippen molar-refractivity contribution in [2.75, 3.05) is 5.73 Å². The third kappa shape index (κ3) is 1.81. The topological polar surface area (TPSA) is 100 Å². The summed E-state index contributed by atoms with van der Waals surface area (Å²) in [4.78, 5) is 8.24. The van der Waals surface area contributed by atoms with Gasteiger partial charge in [-0.1, -0.05) is 23.4 Å². The fourth-order valence-corrected chi connectivity index (χ4v) is 2.37. The summed E-state index contributed by atoms with van der Waals surface area (Å²) in [5, 5.41) is 13.5. The molecule has 0 radical (unpaired) electrons. The van der Waals surface area contributed by atoms with Gasteiger partial charge >= 0.3 is 0 Å². The van der Waals surface area contributed by atoms with E-state index in [1.54, 1.807) is 16.4 Å². The number of hydrogen-bond acceptors (Lipinski definition) is 6. The van der Waals surface area contributed by atoms with E-state index < -0.39 is 0 Å². The molecular weight excluding hydrogens is 280 g/mol. The Morgan fingerprint density at radius 1 is 1.09 bits per heavy atom. The van der Waals surface area contributed by atoms with Gasteiger partial charge in [-0.3, -0.25) is 0 Å². The number of benzene rings is 1. The average Bonchev–Trinajstić information content (AvgIpc) is 3.14. The van der Waals surface area contributed by atoms with Crippen LogP contribution in [0, 0.1) is 0 Å². The number of nitrogens with two attached hydrogens (primary N) is 1. The summed E-state index contributed by atoms with van der Waals surface area (Å²) >= 11 is 0. The van der Waals surface area contributed by atoms with Gasteiger partial charge in [0.25, 0.3) is 0 Å². The highest BCUT2D eigenvalue weighted by Crippen LogP contribution is 2.28. The summed E-state index contributed by atoms with van der Waals surface area (Å²) in [6.45, 7) is 0. The lowest BCUT2D eigenvalue weighted by Gasteiger charge is -1.97. The highest BCUT2D eigenvalue weighted by molar-refractivity contribution is 5.97. The van der Waals surface area contributed by atoms with E-state index in [9.17, 15) is 0 Å². The molecule has 1 aromatic carbocycles. The molecular formula is C14H12N8. The van der Waals surface area contributed by atoms with Crippen LogP contribution in [0.4, 0.5) is 5.82 Å². The van der Waals surface area contributed by atoms with Gasteiger partial charge in [-0.25, -0.2) is 19.3 Å². The Morgan fingerprint density at radius 2 is 1.91 bits per heavy atom. The van der Waals surface area contributed by atoms with Crippen LogP contribution in [0.1, 0.15) is 0 Å². The molecule has 8 heteroatoms. The zero-order chi connectivity index (χ0) is 15.1. The molecule has 0 aliphatic rings. The Labute approximate surface area is 125 Å². The Bertz CT molecular complexity index is 954. The van der Waals surface area contributed by atoms with Crippen LogP contribution >= 0.6 is 0 Å². The second-order valence-electron chi connectivity index (χ2n) is 4.81. The minimum Gasteiger partial charge on any atom is -0.383 e. The van der Waals surface area contributed by atoms with Crippen molar-refractivity contribution in [3.05, 3.63) is 42.9 Å². The lowest BCUT2D eigenvalue weighted by atomic mass is 10.2. The Morgan fingerprint density at radius 3 is 2.73 bits per heavy atom. The zero-order valence-electron chi connectivity index (χ0n) is 11.7. The molecule has 0 unspecified atom stereocenters. The van der Waals surface area contributed by atoms with Gasteiger partial charge in [-0.2, -0.15) is 5.10 Å². The molecule has 0 aliphatic carbocycles. The van der Waals surface area contributed by atoms with E-state index in [1.807, 2.05) is 36.5 Å². The van der Waals surface area contributed by atoms with Crippen LogP contribution in [0.2, 0.25) is 0 Å². The zero-order valence-corrected chi connectivity index (χ0v) is 11.7. The van der Waals surface area contributed by atoms with Crippen LogP contribution in [0.15, 0.2) is 42.9 Å². The summed E-state index contributed by atoms with van der Waals surface area (Å²) in [6.07, 6.45) is 3.23. The quantitative estimate of drug-likeness (QED) is 0.595. The molecule has 0 saturated carbocycles. The minimum atomic E-state index is 0.377. The molecule has 3 aromatic heterocycles. The molecule has 3 heterocycles. The van der Waals surface area contributed by atoms with Crippen molar-refractivity contribution in [1.29, 1.82) is 0 Å². The molecule has 8 nitrogen and oxygen atoms in total. The second-order valence-corrected chi connectivity index (χ2v) is 4.81.